The van der Waals surface area contributed by atoms with Gasteiger partial charge in [-0.25, -0.2) is 4.98 Å². The second kappa shape index (κ2) is 5.85. The number of anilines is 1. The third-order valence-corrected chi connectivity index (χ3v) is 5.92. The molecule has 128 valence electrons. The fraction of sp³-hybridized carbons (Fsp3) is 0.400. The van der Waals surface area contributed by atoms with Crippen molar-refractivity contribution in [2.24, 2.45) is 0 Å². The number of fused-ring (bicyclic) bond motifs is 3. The lowest BCUT2D eigenvalue weighted by Crippen LogP contribution is -2.41. The molecular weight excluding hydrogens is 310 g/mol. The van der Waals surface area contributed by atoms with Crippen LogP contribution < -0.4 is 5.73 Å². The molecule has 0 aromatic carbocycles. The fourth-order valence-electron chi connectivity index (χ4n) is 4.69. The van der Waals surface area contributed by atoms with E-state index in [9.17, 15) is 0 Å². The predicted molar refractivity (Wildman–Crippen MR) is 98.2 cm³/mol. The van der Waals surface area contributed by atoms with Crippen LogP contribution in [0.25, 0.3) is 5.65 Å². The number of hydrogen-bond donors (Lipinski definition) is 1. The normalized spacial score (nSPS) is 26.3. The lowest BCUT2D eigenvalue weighted by molar-refractivity contribution is 0.117. The van der Waals surface area contributed by atoms with E-state index in [2.05, 4.69) is 32.6 Å². The van der Waals surface area contributed by atoms with Crippen LogP contribution in [-0.4, -0.2) is 31.4 Å². The number of rotatable bonds is 3. The molecule has 0 aliphatic carbocycles. The van der Waals surface area contributed by atoms with E-state index in [0.29, 0.717) is 18.0 Å². The summed E-state index contributed by atoms with van der Waals surface area (Å²) < 4.78 is 2.09. The number of nitrogens with two attached hydrogens (primary N) is 1. The van der Waals surface area contributed by atoms with Gasteiger partial charge >= 0.3 is 0 Å². The van der Waals surface area contributed by atoms with E-state index in [1.807, 2.05) is 30.7 Å². The van der Waals surface area contributed by atoms with E-state index in [1.165, 1.54) is 36.9 Å². The monoisotopic (exact) mass is 333 g/mol. The van der Waals surface area contributed by atoms with Crippen LogP contribution >= 0.6 is 0 Å². The second-order valence-electron chi connectivity index (χ2n) is 7.47. The van der Waals surface area contributed by atoms with Crippen LogP contribution in [0.2, 0.25) is 0 Å². The number of pyridine rings is 2. The van der Waals surface area contributed by atoms with Crippen LogP contribution in [0.3, 0.4) is 0 Å². The lowest BCUT2D eigenvalue weighted by Gasteiger charge is -2.38. The van der Waals surface area contributed by atoms with Gasteiger partial charge in [0.05, 0.1) is 5.69 Å². The van der Waals surface area contributed by atoms with Crippen LogP contribution in [0.15, 0.2) is 49.1 Å². The first kappa shape index (κ1) is 14.9. The van der Waals surface area contributed by atoms with Gasteiger partial charge in [0, 0.05) is 61.1 Å². The molecule has 5 heterocycles. The zero-order valence-corrected chi connectivity index (χ0v) is 14.3. The number of piperidine rings is 1. The van der Waals surface area contributed by atoms with Crippen molar-refractivity contribution >= 4 is 11.3 Å². The highest BCUT2D eigenvalue weighted by molar-refractivity contribution is 5.52. The van der Waals surface area contributed by atoms with Crippen LogP contribution in [-0.2, 0) is 6.54 Å². The molecule has 2 aliphatic heterocycles. The molecule has 0 radical (unpaired) electrons. The summed E-state index contributed by atoms with van der Waals surface area (Å²) >= 11 is 0. The van der Waals surface area contributed by atoms with Gasteiger partial charge in [0.15, 0.2) is 0 Å². The zero-order valence-electron chi connectivity index (χ0n) is 14.3. The maximum absolute atomic E-state index is 5.89. The van der Waals surface area contributed by atoms with Gasteiger partial charge in [-0.05, 0) is 49.4 Å². The third kappa shape index (κ3) is 2.68. The largest absolute Gasteiger partial charge is 0.399 e. The maximum Gasteiger partial charge on any atom is 0.139 e. The van der Waals surface area contributed by atoms with Gasteiger partial charge in [-0.2, -0.15) is 0 Å². The van der Waals surface area contributed by atoms with Crippen molar-refractivity contribution in [3.8, 4) is 0 Å². The Labute approximate surface area is 147 Å². The van der Waals surface area contributed by atoms with E-state index >= 15 is 0 Å². The van der Waals surface area contributed by atoms with Crippen molar-refractivity contribution in [3.05, 3.63) is 60.3 Å². The van der Waals surface area contributed by atoms with Gasteiger partial charge in [0.25, 0.3) is 0 Å². The van der Waals surface area contributed by atoms with Crippen LogP contribution in [0.5, 0.6) is 0 Å². The number of nitrogens with zero attached hydrogens (tertiary/aromatic N) is 4. The zero-order chi connectivity index (χ0) is 16.8. The molecule has 2 atom stereocenters. The Balaban J connectivity index is 1.36. The average molecular weight is 333 g/mol. The number of imidazole rings is 1. The summed E-state index contributed by atoms with van der Waals surface area (Å²) in [5.74, 6) is 0.562. The Morgan fingerprint density at radius 2 is 1.84 bits per heavy atom. The van der Waals surface area contributed by atoms with Gasteiger partial charge in [0.1, 0.15) is 5.65 Å². The molecule has 5 nitrogen and oxygen atoms in total. The van der Waals surface area contributed by atoms with Gasteiger partial charge in [-0.15, -0.1) is 0 Å². The number of nitrogen functional groups attached to an aromatic ring is 1. The van der Waals surface area contributed by atoms with Gasteiger partial charge in [-0.1, -0.05) is 0 Å². The molecule has 2 unspecified atom stereocenters. The van der Waals surface area contributed by atoms with E-state index in [-0.39, 0.29) is 0 Å². The first-order valence-electron chi connectivity index (χ1n) is 9.15. The van der Waals surface area contributed by atoms with Crippen molar-refractivity contribution < 1.29 is 0 Å². The second-order valence-corrected chi connectivity index (χ2v) is 7.47. The lowest BCUT2D eigenvalue weighted by atomic mass is 9.88. The van der Waals surface area contributed by atoms with Gasteiger partial charge in [-0.3, -0.25) is 9.88 Å². The highest BCUT2D eigenvalue weighted by Crippen LogP contribution is 2.43. The van der Waals surface area contributed by atoms with Crippen LogP contribution in [0.4, 0.5) is 5.69 Å². The SMILES string of the molecule is Nc1ccn2cc(C3CC4CCC(C3)N4Cc3ccncc3)nc2c1. The molecule has 2 N–H and O–H groups in total. The first-order valence-corrected chi connectivity index (χ1v) is 9.15. The molecule has 0 saturated carbocycles. The Kier molecular flexibility index (Phi) is 3.48. The standard InChI is InChI=1S/C20H23N5/c21-16-5-8-24-13-19(23-20(24)11-16)15-9-17-1-2-18(10-15)25(17)12-14-3-6-22-7-4-14/h3-8,11,13,15,17-18H,1-2,9-10,12,21H2. The Morgan fingerprint density at radius 1 is 1.08 bits per heavy atom. The van der Waals surface area contributed by atoms with Gasteiger partial charge < -0.3 is 10.1 Å². The Morgan fingerprint density at radius 3 is 2.60 bits per heavy atom. The van der Waals surface area contributed by atoms with E-state index in [0.717, 1.165) is 17.9 Å². The molecule has 2 bridgehead atoms. The highest BCUT2D eigenvalue weighted by atomic mass is 15.2. The minimum atomic E-state index is 0.562. The minimum absolute atomic E-state index is 0.562. The summed E-state index contributed by atoms with van der Waals surface area (Å²) in [6, 6.07) is 9.50. The molecule has 2 aliphatic rings. The molecule has 25 heavy (non-hydrogen) atoms. The third-order valence-electron chi connectivity index (χ3n) is 5.92. The minimum Gasteiger partial charge on any atom is -0.399 e. The summed E-state index contributed by atoms with van der Waals surface area (Å²) in [4.78, 5) is 11.7. The molecule has 5 rings (SSSR count). The first-order chi connectivity index (χ1) is 12.3. The number of hydrogen-bond acceptors (Lipinski definition) is 4. The molecule has 3 aromatic heterocycles. The average Bonchev–Trinajstić information content (AvgIpc) is 3.13. The highest BCUT2D eigenvalue weighted by Gasteiger charge is 2.41. The number of aromatic nitrogens is 3. The van der Waals surface area contributed by atoms with E-state index < -0.39 is 0 Å². The van der Waals surface area contributed by atoms with Gasteiger partial charge in [0.2, 0.25) is 0 Å². The maximum atomic E-state index is 5.89. The van der Waals surface area contributed by atoms with Crippen molar-refractivity contribution in [2.45, 2.75) is 50.2 Å². The molecule has 0 amide bonds. The molecule has 2 fully saturated rings. The summed E-state index contributed by atoms with van der Waals surface area (Å²) in [7, 11) is 0. The summed E-state index contributed by atoms with van der Waals surface area (Å²) in [5.41, 5.74) is 10.2. The summed E-state index contributed by atoms with van der Waals surface area (Å²) in [6.07, 6.45) is 13.0. The molecule has 2 saturated heterocycles. The van der Waals surface area contributed by atoms with Crippen LogP contribution in [0.1, 0.15) is 42.9 Å². The van der Waals surface area contributed by atoms with Crippen molar-refractivity contribution in [3.63, 3.8) is 0 Å². The summed E-state index contributed by atoms with van der Waals surface area (Å²) in [5, 5.41) is 0. The van der Waals surface area contributed by atoms with E-state index in [1.54, 1.807) is 0 Å². The molecule has 0 spiro atoms. The molecular formula is C20H23N5. The van der Waals surface area contributed by atoms with E-state index in [4.69, 9.17) is 10.7 Å². The van der Waals surface area contributed by atoms with Crippen molar-refractivity contribution in [2.75, 3.05) is 5.73 Å². The Bertz CT molecular complexity index is 873. The molecule has 3 aromatic rings. The van der Waals surface area contributed by atoms with Crippen LogP contribution in [0, 0.1) is 0 Å². The Hall–Kier alpha value is -2.40. The topological polar surface area (TPSA) is 59.5 Å². The quantitative estimate of drug-likeness (QED) is 0.799. The fourth-order valence-corrected chi connectivity index (χ4v) is 4.69. The smallest absolute Gasteiger partial charge is 0.139 e. The van der Waals surface area contributed by atoms with Crippen molar-refractivity contribution in [1.29, 1.82) is 0 Å². The molecule has 5 heteroatoms. The predicted octanol–water partition coefficient (Wildman–Crippen LogP) is 3.22. The summed E-state index contributed by atoms with van der Waals surface area (Å²) in [6.45, 7) is 1.05. The van der Waals surface area contributed by atoms with Crippen molar-refractivity contribution in [1.82, 2.24) is 19.3 Å².